The van der Waals surface area contributed by atoms with Gasteiger partial charge in [0.05, 0.1) is 18.4 Å². The first kappa shape index (κ1) is 13.3. The molecule has 5 heteroatoms. The van der Waals surface area contributed by atoms with E-state index in [4.69, 9.17) is 9.72 Å². The van der Waals surface area contributed by atoms with Crippen LogP contribution in [0, 0.1) is 0 Å². The second kappa shape index (κ2) is 5.34. The summed E-state index contributed by atoms with van der Waals surface area (Å²) in [6, 6.07) is 7.46. The van der Waals surface area contributed by atoms with Crippen LogP contribution in [0.1, 0.15) is 20.9 Å². The molecule has 20 heavy (non-hydrogen) atoms. The van der Waals surface area contributed by atoms with Crippen LogP contribution in [0.15, 0.2) is 24.3 Å². The predicted molar refractivity (Wildman–Crippen MR) is 78.9 cm³/mol. The summed E-state index contributed by atoms with van der Waals surface area (Å²) in [6.07, 6.45) is 0.999. The molecule has 1 aromatic heterocycles. The average Bonchev–Trinajstić information content (AvgIpc) is 2.89. The number of benzene rings is 1. The van der Waals surface area contributed by atoms with Gasteiger partial charge >= 0.3 is 5.97 Å². The second-order valence-electron chi connectivity index (χ2n) is 4.95. The van der Waals surface area contributed by atoms with Gasteiger partial charge in [0, 0.05) is 30.0 Å². The first-order valence-electron chi connectivity index (χ1n) is 6.53. The minimum Gasteiger partial charge on any atom is -0.465 e. The number of aromatic nitrogens is 1. The molecule has 1 aromatic carbocycles. The van der Waals surface area contributed by atoms with Crippen molar-refractivity contribution in [2.45, 2.75) is 13.0 Å². The van der Waals surface area contributed by atoms with Crippen molar-refractivity contribution in [3.05, 3.63) is 40.4 Å². The molecule has 0 radical (unpaired) electrons. The fourth-order valence-corrected chi connectivity index (χ4v) is 3.53. The lowest BCUT2D eigenvalue weighted by molar-refractivity contribution is 0.0601. The van der Waals surface area contributed by atoms with Crippen LogP contribution >= 0.6 is 11.3 Å². The third-order valence-corrected chi connectivity index (χ3v) is 4.58. The smallest absolute Gasteiger partial charge is 0.337 e. The van der Waals surface area contributed by atoms with Crippen LogP contribution in [-0.2, 0) is 17.7 Å². The van der Waals surface area contributed by atoms with Gasteiger partial charge in [0.25, 0.3) is 0 Å². The topological polar surface area (TPSA) is 42.4 Å². The third-order valence-electron chi connectivity index (χ3n) is 3.45. The van der Waals surface area contributed by atoms with Crippen molar-refractivity contribution in [1.29, 1.82) is 0 Å². The molecule has 0 saturated carbocycles. The van der Waals surface area contributed by atoms with Crippen molar-refractivity contribution in [1.82, 2.24) is 9.88 Å². The van der Waals surface area contributed by atoms with Gasteiger partial charge in [-0.05, 0) is 19.2 Å². The molecular weight excluding hydrogens is 272 g/mol. The number of rotatable bonds is 2. The summed E-state index contributed by atoms with van der Waals surface area (Å²) in [5.74, 6) is -0.312. The highest BCUT2D eigenvalue weighted by atomic mass is 32.1. The Hall–Kier alpha value is -1.72. The minimum atomic E-state index is -0.312. The van der Waals surface area contributed by atoms with Gasteiger partial charge in [0.15, 0.2) is 0 Å². The predicted octanol–water partition coefficient (Wildman–Crippen LogP) is 2.58. The average molecular weight is 288 g/mol. The number of carbonyl (C=O) groups excluding carboxylic acids is 1. The highest BCUT2D eigenvalue weighted by Gasteiger charge is 2.19. The molecule has 0 atom stereocenters. The molecule has 0 fully saturated rings. The van der Waals surface area contributed by atoms with E-state index < -0.39 is 0 Å². The number of methoxy groups -OCH3 is 1. The van der Waals surface area contributed by atoms with Crippen molar-refractivity contribution >= 4 is 17.3 Å². The summed E-state index contributed by atoms with van der Waals surface area (Å²) in [6.45, 7) is 2.02. The van der Waals surface area contributed by atoms with E-state index in [0.717, 1.165) is 30.1 Å². The van der Waals surface area contributed by atoms with E-state index in [9.17, 15) is 4.79 Å². The fraction of sp³-hybridized carbons (Fsp3) is 0.333. The molecule has 1 aliphatic rings. The van der Waals surface area contributed by atoms with E-state index in [2.05, 4.69) is 11.9 Å². The normalized spacial score (nSPS) is 14.9. The number of hydrogen-bond donors (Lipinski definition) is 0. The number of likely N-dealkylation sites (N-methyl/N-ethyl adjacent to an activating group) is 1. The van der Waals surface area contributed by atoms with E-state index in [0.29, 0.717) is 5.56 Å². The lowest BCUT2D eigenvalue weighted by Gasteiger charge is -2.20. The second-order valence-corrected chi connectivity index (χ2v) is 6.03. The van der Waals surface area contributed by atoms with Crippen molar-refractivity contribution in [2.75, 3.05) is 20.7 Å². The van der Waals surface area contributed by atoms with Crippen molar-refractivity contribution in [3.63, 3.8) is 0 Å². The van der Waals surface area contributed by atoms with E-state index in [1.165, 1.54) is 17.7 Å². The molecule has 0 N–H and O–H groups in total. The fourth-order valence-electron chi connectivity index (χ4n) is 2.34. The van der Waals surface area contributed by atoms with Gasteiger partial charge in [-0.1, -0.05) is 12.1 Å². The maximum absolute atomic E-state index is 11.6. The Kier molecular flexibility index (Phi) is 3.54. The molecular formula is C15H16N2O2S. The maximum Gasteiger partial charge on any atom is 0.337 e. The Morgan fingerprint density at radius 1 is 1.45 bits per heavy atom. The molecule has 104 valence electrons. The SMILES string of the molecule is COC(=O)c1cccc(-c2nc3c(s2)CN(C)CC3)c1. The largest absolute Gasteiger partial charge is 0.465 e. The van der Waals surface area contributed by atoms with Gasteiger partial charge in [0.1, 0.15) is 5.01 Å². The first-order chi connectivity index (χ1) is 9.67. The van der Waals surface area contributed by atoms with Crippen LogP contribution in [0.4, 0.5) is 0 Å². The van der Waals surface area contributed by atoms with Crippen molar-refractivity contribution in [2.24, 2.45) is 0 Å². The number of ether oxygens (including phenoxy) is 1. The number of nitrogens with zero attached hydrogens (tertiary/aromatic N) is 2. The summed E-state index contributed by atoms with van der Waals surface area (Å²) < 4.78 is 4.76. The molecule has 3 rings (SSSR count). The van der Waals surface area contributed by atoms with Crippen LogP contribution in [0.2, 0.25) is 0 Å². The number of thiazole rings is 1. The number of carbonyl (C=O) groups is 1. The highest BCUT2D eigenvalue weighted by Crippen LogP contribution is 2.31. The maximum atomic E-state index is 11.6. The molecule has 0 saturated heterocycles. The minimum absolute atomic E-state index is 0.312. The summed E-state index contributed by atoms with van der Waals surface area (Å²) in [5, 5.41) is 0.982. The molecule has 0 amide bonds. The Balaban J connectivity index is 1.95. The quantitative estimate of drug-likeness (QED) is 0.797. The van der Waals surface area contributed by atoms with Gasteiger partial charge < -0.3 is 9.64 Å². The molecule has 0 aliphatic carbocycles. The van der Waals surface area contributed by atoms with E-state index in [1.807, 2.05) is 18.2 Å². The van der Waals surface area contributed by atoms with Gasteiger partial charge in [-0.3, -0.25) is 0 Å². The number of fused-ring (bicyclic) bond motifs is 1. The lowest BCUT2D eigenvalue weighted by Crippen LogP contribution is -2.25. The van der Waals surface area contributed by atoms with Gasteiger partial charge in [-0.15, -0.1) is 11.3 Å². The molecule has 0 bridgehead atoms. The zero-order chi connectivity index (χ0) is 14.1. The number of hydrogen-bond acceptors (Lipinski definition) is 5. The Labute approximate surface area is 122 Å². The summed E-state index contributed by atoms with van der Waals surface area (Å²) >= 11 is 1.72. The lowest BCUT2D eigenvalue weighted by atomic mass is 10.1. The van der Waals surface area contributed by atoms with Gasteiger partial charge in [-0.25, -0.2) is 9.78 Å². The van der Waals surface area contributed by atoms with Crippen LogP contribution in [-0.4, -0.2) is 36.6 Å². The standard InChI is InChI=1S/C15H16N2O2S/c1-17-7-6-12-13(9-17)20-14(16-12)10-4-3-5-11(8-10)15(18)19-2/h3-5,8H,6-7,9H2,1-2H3. The summed E-state index contributed by atoms with van der Waals surface area (Å²) in [4.78, 5) is 19.9. The van der Waals surface area contributed by atoms with Crippen molar-refractivity contribution < 1.29 is 9.53 Å². The molecule has 2 aromatic rings. The van der Waals surface area contributed by atoms with Crippen molar-refractivity contribution in [3.8, 4) is 10.6 Å². The monoisotopic (exact) mass is 288 g/mol. The van der Waals surface area contributed by atoms with Crippen LogP contribution < -0.4 is 0 Å². The van der Waals surface area contributed by atoms with Crippen LogP contribution in [0.3, 0.4) is 0 Å². The molecule has 0 unspecified atom stereocenters. The Bertz CT molecular complexity index is 651. The van der Waals surface area contributed by atoms with E-state index >= 15 is 0 Å². The van der Waals surface area contributed by atoms with Gasteiger partial charge in [-0.2, -0.15) is 0 Å². The zero-order valence-electron chi connectivity index (χ0n) is 11.5. The van der Waals surface area contributed by atoms with Gasteiger partial charge in [0.2, 0.25) is 0 Å². The molecule has 4 nitrogen and oxygen atoms in total. The number of esters is 1. The highest BCUT2D eigenvalue weighted by molar-refractivity contribution is 7.15. The third kappa shape index (κ3) is 2.46. The molecule has 1 aliphatic heterocycles. The molecule has 2 heterocycles. The van der Waals surface area contributed by atoms with E-state index in [1.54, 1.807) is 17.4 Å². The summed E-state index contributed by atoms with van der Waals surface area (Å²) in [5.41, 5.74) is 2.75. The Morgan fingerprint density at radius 3 is 3.10 bits per heavy atom. The van der Waals surface area contributed by atoms with E-state index in [-0.39, 0.29) is 5.97 Å². The van der Waals surface area contributed by atoms with Crippen LogP contribution in [0.5, 0.6) is 0 Å². The zero-order valence-corrected chi connectivity index (χ0v) is 12.4. The van der Waals surface area contributed by atoms with Crippen LogP contribution in [0.25, 0.3) is 10.6 Å². The summed E-state index contributed by atoms with van der Waals surface area (Å²) in [7, 11) is 3.52. The Morgan fingerprint density at radius 2 is 2.30 bits per heavy atom. The molecule has 0 spiro atoms. The first-order valence-corrected chi connectivity index (χ1v) is 7.35.